The van der Waals surface area contributed by atoms with Crippen molar-refractivity contribution in [1.82, 2.24) is 14.9 Å². The summed E-state index contributed by atoms with van der Waals surface area (Å²) in [5.41, 5.74) is 5.42. The van der Waals surface area contributed by atoms with Crippen molar-refractivity contribution in [2.24, 2.45) is 0 Å². The molecule has 114 valence electrons. The monoisotopic (exact) mass is 321 g/mol. The number of hydrogen-bond acceptors (Lipinski definition) is 2. The number of benzene rings is 1. The first-order valence-corrected chi connectivity index (χ1v) is 8.61. The summed E-state index contributed by atoms with van der Waals surface area (Å²) in [5, 5.41) is 3.27. The van der Waals surface area contributed by atoms with E-state index in [1.165, 1.54) is 16.6 Å². The lowest BCUT2D eigenvalue weighted by Gasteiger charge is -2.26. The van der Waals surface area contributed by atoms with Gasteiger partial charge in [-0.3, -0.25) is 4.79 Å². The molecule has 0 atom stereocenters. The van der Waals surface area contributed by atoms with Crippen LogP contribution in [0.1, 0.15) is 21.7 Å². The minimum absolute atomic E-state index is 0.0873. The number of fused-ring (bicyclic) bond motifs is 4. The Morgan fingerprint density at radius 2 is 2.04 bits per heavy atom. The molecular formula is C18H15N3OS. The molecule has 3 aromatic heterocycles. The molecule has 0 unspecified atom stereocenters. The van der Waals surface area contributed by atoms with E-state index in [0.717, 1.165) is 28.7 Å². The van der Waals surface area contributed by atoms with Gasteiger partial charge in [-0.15, -0.1) is 11.3 Å². The van der Waals surface area contributed by atoms with E-state index >= 15 is 0 Å². The average Bonchev–Trinajstić information content (AvgIpc) is 3.26. The Kier molecular flexibility index (Phi) is 2.67. The molecule has 0 aliphatic carbocycles. The summed E-state index contributed by atoms with van der Waals surface area (Å²) in [6, 6.07) is 12.3. The number of nitrogens with zero attached hydrogens (tertiary/aromatic N) is 1. The van der Waals surface area contributed by atoms with Gasteiger partial charge in [-0.25, -0.2) is 0 Å². The third-order valence-electron chi connectivity index (χ3n) is 4.64. The van der Waals surface area contributed by atoms with Gasteiger partial charge in [-0.05, 0) is 23.6 Å². The fourth-order valence-corrected chi connectivity index (χ4v) is 4.26. The lowest BCUT2D eigenvalue weighted by atomic mass is 10.0. The van der Waals surface area contributed by atoms with E-state index in [0.29, 0.717) is 12.2 Å². The Morgan fingerprint density at radius 3 is 2.96 bits per heavy atom. The highest BCUT2D eigenvalue weighted by Crippen LogP contribution is 2.29. The normalized spacial score (nSPS) is 14.5. The molecule has 1 aliphatic heterocycles. The van der Waals surface area contributed by atoms with Gasteiger partial charge in [0.25, 0.3) is 5.91 Å². The van der Waals surface area contributed by atoms with Gasteiger partial charge in [0.2, 0.25) is 0 Å². The van der Waals surface area contributed by atoms with Crippen molar-refractivity contribution >= 4 is 38.4 Å². The molecule has 1 aliphatic rings. The molecule has 1 aromatic carbocycles. The van der Waals surface area contributed by atoms with Crippen LogP contribution < -0.4 is 0 Å². The van der Waals surface area contributed by atoms with E-state index < -0.39 is 0 Å². The van der Waals surface area contributed by atoms with Crippen LogP contribution in [0.3, 0.4) is 0 Å². The molecule has 0 saturated carbocycles. The van der Waals surface area contributed by atoms with E-state index in [2.05, 4.69) is 28.2 Å². The summed E-state index contributed by atoms with van der Waals surface area (Å²) in [6.45, 7) is 1.43. The van der Waals surface area contributed by atoms with Gasteiger partial charge in [0, 0.05) is 41.7 Å². The van der Waals surface area contributed by atoms with E-state index in [1.54, 1.807) is 11.3 Å². The fraction of sp³-hybridized carbons (Fsp3) is 0.167. The summed E-state index contributed by atoms with van der Waals surface area (Å²) >= 11 is 1.66. The lowest BCUT2D eigenvalue weighted by Crippen LogP contribution is -2.35. The summed E-state index contributed by atoms with van der Waals surface area (Å²) in [7, 11) is 0. The van der Waals surface area contributed by atoms with Crippen LogP contribution in [0.2, 0.25) is 0 Å². The predicted molar refractivity (Wildman–Crippen MR) is 92.9 cm³/mol. The Morgan fingerprint density at radius 1 is 1.13 bits per heavy atom. The van der Waals surface area contributed by atoms with Crippen LogP contribution >= 0.6 is 11.3 Å². The zero-order valence-electron chi connectivity index (χ0n) is 12.4. The third kappa shape index (κ3) is 1.93. The SMILES string of the molecule is O=C(c1cc2sccc2[nH]1)N1CCc2[nH]c3ccccc3c2C1. The summed E-state index contributed by atoms with van der Waals surface area (Å²) in [6.07, 6.45) is 0.880. The first kappa shape index (κ1) is 13.0. The molecule has 0 bridgehead atoms. The summed E-state index contributed by atoms with van der Waals surface area (Å²) in [4.78, 5) is 21.5. The molecule has 5 rings (SSSR count). The van der Waals surface area contributed by atoms with Crippen LogP contribution in [0.4, 0.5) is 0 Å². The van der Waals surface area contributed by atoms with E-state index in [1.807, 2.05) is 28.5 Å². The van der Waals surface area contributed by atoms with Gasteiger partial charge in [0.1, 0.15) is 5.69 Å². The number of amides is 1. The molecule has 4 aromatic rings. The first-order chi connectivity index (χ1) is 11.3. The van der Waals surface area contributed by atoms with Gasteiger partial charge >= 0.3 is 0 Å². The second-order valence-corrected chi connectivity index (χ2v) is 6.93. The topological polar surface area (TPSA) is 51.9 Å². The van der Waals surface area contributed by atoms with Gasteiger partial charge in [0.05, 0.1) is 10.2 Å². The average molecular weight is 321 g/mol. The number of hydrogen-bond donors (Lipinski definition) is 2. The molecule has 0 spiro atoms. The van der Waals surface area contributed by atoms with Crippen molar-refractivity contribution in [1.29, 1.82) is 0 Å². The minimum atomic E-state index is 0.0873. The number of thiophene rings is 1. The molecule has 5 heteroatoms. The van der Waals surface area contributed by atoms with Crippen molar-refractivity contribution in [3.63, 3.8) is 0 Å². The number of carbonyl (C=O) groups excluding carboxylic acids is 1. The molecule has 0 radical (unpaired) electrons. The van der Waals surface area contributed by atoms with E-state index in [-0.39, 0.29) is 5.91 Å². The van der Waals surface area contributed by atoms with Gasteiger partial charge in [-0.1, -0.05) is 18.2 Å². The molecule has 23 heavy (non-hydrogen) atoms. The third-order valence-corrected chi connectivity index (χ3v) is 5.50. The van der Waals surface area contributed by atoms with Gasteiger partial charge in [0.15, 0.2) is 0 Å². The standard InChI is InChI=1S/C18H15N3OS/c22-18(16-9-17-15(20-16)6-8-23-17)21-7-5-14-12(10-21)11-3-1-2-4-13(11)19-14/h1-4,6,8-9,19-20H,5,7,10H2. The van der Waals surface area contributed by atoms with Crippen LogP contribution in [0, 0.1) is 0 Å². The predicted octanol–water partition coefficient (Wildman–Crippen LogP) is 3.91. The minimum Gasteiger partial charge on any atom is -0.358 e. The number of rotatable bonds is 1. The van der Waals surface area contributed by atoms with E-state index in [9.17, 15) is 4.79 Å². The van der Waals surface area contributed by atoms with Crippen LogP contribution in [-0.2, 0) is 13.0 Å². The van der Waals surface area contributed by atoms with Gasteiger partial charge in [-0.2, -0.15) is 0 Å². The number of nitrogens with one attached hydrogen (secondary N) is 2. The second-order valence-electron chi connectivity index (χ2n) is 5.99. The van der Waals surface area contributed by atoms with Crippen LogP contribution in [-0.4, -0.2) is 27.3 Å². The molecular weight excluding hydrogens is 306 g/mol. The summed E-state index contributed by atoms with van der Waals surface area (Å²) in [5.74, 6) is 0.0873. The molecule has 0 saturated heterocycles. The lowest BCUT2D eigenvalue weighted by molar-refractivity contribution is 0.0730. The first-order valence-electron chi connectivity index (χ1n) is 7.73. The zero-order chi connectivity index (χ0) is 15.4. The molecule has 2 N–H and O–H groups in total. The summed E-state index contributed by atoms with van der Waals surface area (Å²) < 4.78 is 1.14. The van der Waals surface area contributed by atoms with Crippen molar-refractivity contribution in [3.05, 3.63) is 58.7 Å². The largest absolute Gasteiger partial charge is 0.358 e. The molecule has 4 nitrogen and oxygen atoms in total. The highest BCUT2D eigenvalue weighted by molar-refractivity contribution is 7.17. The number of carbonyl (C=O) groups is 1. The van der Waals surface area contributed by atoms with Crippen molar-refractivity contribution in [2.45, 2.75) is 13.0 Å². The highest BCUT2D eigenvalue weighted by atomic mass is 32.1. The maximum absolute atomic E-state index is 12.8. The highest BCUT2D eigenvalue weighted by Gasteiger charge is 2.25. The maximum atomic E-state index is 12.8. The number of para-hydroxylation sites is 1. The van der Waals surface area contributed by atoms with Gasteiger partial charge < -0.3 is 14.9 Å². The Balaban J connectivity index is 1.50. The molecule has 4 heterocycles. The van der Waals surface area contributed by atoms with Crippen molar-refractivity contribution in [2.75, 3.05) is 6.54 Å². The Bertz CT molecular complexity index is 1010. The van der Waals surface area contributed by atoms with E-state index in [4.69, 9.17) is 0 Å². The zero-order valence-corrected chi connectivity index (χ0v) is 13.2. The maximum Gasteiger partial charge on any atom is 0.270 e. The molecule has 0 fully saturated rings. The van der Waals surface area contributed by atoms with Crippen LogP contribution in [0.25, 0.3) is 21.1 Å². The number of aromatic nitrogens is 2. The fourth-order valence-electron chi connectivity index (χ4n) is 3.47. The number of aromatic amines is 2. The van der Waals surface area contributed by atoms with Crippen LogP contribution in [0.5, 0.6) is 0 Å². The quantitative estimate of drug-likeness (QED) is 0.549. The second kappa shape index (κ2) is 4.73. The van der Waals surface area contributed by atoms with Crippen LogP contribution in [0.15, 0.2) is 41.8 Å². The molecule has 1 amide bonds. The Labute approximate surface area is 136 Å². The van der Waals surface area contributed by atoms with Crippen molar-refractivity contribution < 1.29 is 4.79 Å². The van der Waals surface area contributed by atoms with Crippen molar-refractivity contribution in [3.8, 4) is 0 Å². The smallest absolute Gasteiger partial charge is 0.270 e. The Hall–Kier alpha value is -2.53. The number of H-pyrrole nitrogens is 2.